The summed E-state index contributed by atoms with van der Waals surface area (Å²) in [5, 5.41) is 14.3. The minimum Gasteiger partial charge on any atom is -0.486 e. The van der Waals surface area contributed by atoms with Crippen LogP contribution in [-0.2, 0) is 13.2 Å². The number of hydrogen-bond acceptors (Lipinski definition) is 5. The Kier molecular flexibility index (Phi) is 5.46. The van der Waals surface area contributed by atoms with Crippen LogP contribution in [0.1, 0.15) is 43.4 Å². The van der Waals surface area contributed by atoms with E-state index in [-0.39, 0.29) is 11.9 Å². The molecular weight excluding hydrogens is 282 g/mol. The van der Waals surface area contributed by atoms with Gasteiger partial charge in [-0.15, -0.1) is 5.10 Å². The molecule has 0 radical (unpaired) electrons. The van der Waals surface area contributed by atoms with Crippen molar-refractivity contribution in [3.05, 3.63) is 35.7 Å². The zero-order valence-corrected chi connectivity index (χ0v) is 13.1. The van der Waals surface area contributed by atoms with E-state index in [2.05, 4.69) is 20.8 Å². The fourth-order valence-corrected chi connectivity index (χ4v) is 1.83. The highest BCUT2D eigenvalue weighted by Gasteiger charge is 2.09. The van der Waals surface area contributed by atoms with Crippen LogP contribution in [0.5, 0.6) is 5.75 Å². The van der Waals surface area contributed by atoms with Crippen LogP contribution in [0.2, 0.25) is 0 Å². The van der Waals surface area contributed by atoms with Gasteiger partial charge in [0.25, 0.3) is 5.91 Å². The molecule has 0 saturated heterocycles. The van der Waals surface area contributed by atoms with Crippen molar-refractivity contribution in [1.29, 1.82) is 0 Å². The van der Waals surface area contributed by atoms with Crippen molar-refractivity contribution in [2.75, 3.05) is 0 Å². The number of rotatable bonds is 7. The van der Waals surface area contributed by atoms with E-state index in [0.29, 0.717) is 30.3 Å². The number of aromatic nitrogens is 4. The second-order valence-corrected chi connectivity index (χ2v) is 5.01. The number of ether oxygens (including phenoxy) is 1. The lowest BCUT2D eigenvalue weighted by Crippen LogP contribution is -2.31. The summed E-state index contributed by atoms with van der Waals surface area (Å²) in [7, 11) is 0. The molecule has 0 aliphatic rings. The summed E-state index contributed by atoms with van der Waals surface area (Å²) in [5.74, 6) is 1.27. The van der Waals surface area contributed by atoms with Crippen molar-refractivity contribution in [1.82, 2.24) is 25.5 Å². The molecule has 118 valence electrons. The molecular formula is C15H21N5O2. The summed E-state index contributed by atoms with van der Waals surface area (Å²) < 4.78 is 7.31. The van der Waals surface area contributed by atoms with Crippen LogP contribution in [0, 0.1) is 0 Å². The number of carbonyl (C=O) groups is 1. The van der Waals surface area contributed by atoms with Crippen LogP contribution >= 0.6 is 0 Å². The van der Waals surface area contributed by atoms with Gasteiger partial charge < -0.3 is 10.1 Å². The predicted molar refractivity (Wildman–Crippen MR) is 81.5 cm³/mol. The molecule has 7 heteroatoms. The van der Waals surface area contributed by atoms with Gasteiger partial charge in [0.2, 0.25) is 0 Å². The van der Waals surface area contributed by atoms with E-state index < -0.39 is 0 Å². The minimum absolute atomic E-state index is 0.0733. The highest BCUT2D eigenvalue weighted by Crippen LogP contribution is 2.14. The van der Waals surface area contributed by atoms with E-state index in [0.717, 1.165) is 6.42 Å². The summed E-state index contributed by atoms with van der Waals surface area (Å²) >= 11 is 0. The van der Waals surface area contributed by atoms with Crippen LogP contribution in [0.3, 0.4) is 0 Å². The Balaban J connectivity index is 1.93. The topological polar surface area (TPSA) is 81.9 Å². The van der Waals surface area contributed by atoms with Crippen molar-refractivity contribution in [3.8, 4) is 5.75 Å². The Hall–Kier alpha value is -2.44. The van der Waals surface area contributed by atoms with Crippen molar-refractivity contribution < 1.29 is 9.53 Å². The SMILES string of the molecule is CCC(C)NC(=O)c1ccc(OCc2nnnn2CC)cc1. The van der Waals surface area contributed by atoms with Crippen LogP contribution < -0.4 is 10.1 Å². The molecule has 0 fully saturated rings. The normalized spacial score (nSPS) is 12.0. The third-order valence-electron chi connectivity index (χ3n) is 3.38. The molecule has 0 spiro atoms. The average Bonchev–Trinajstić information content (AvgIpc) is 3.00. The Morgan fingerprint density at radius 2 is 2.05 bits per heavy atom. The fourth-order valence-electron chi connectivity index (χ4n) is 1.83. The molecule has 0 saturated carbocycles. The monoisotopic (exact) mass is 303 g/mol. The summed E-state index contributed by atoms with van der Waals surface area (Å²) in [5.41, 5.74) is 0.617. The van der Waals surface area contributed by atoms with E-state index in [4.69, 9.17) is 4.74 Å². The lowest BCUT2D eigenvalue weighted by molar-refractivity contribution is 0.0939. The van der Waals surface area contributed by atoms with Gasteiger partial charge in [0.15, 0.2) is 5.82 Å². The van der Waals surface area contributed by atoms with Gasteiger partial charge in [-0.05, 0) is 55.0 Å². The molecule has 1 unspecified atom stereocenters. The van der Waals surface area contributed by atoms with E-state index in [9.17, 15) is 4.79 Å². The molecule has 22 heavy (non-hydrogen) atoms. The van der Waals surface area contributed by atoms with Gasteiger partial charge in [0.1, 0.15) is 12.4 Å². The highest BCUT2D eigenvalue weighted by molar-refractivity contribution is 5.94. The Labute approximate surface area is 129 Å². The Bertz CT molecular complexity index is 609. The molecule has 1 aromatic heterocycles. The van der Waals surface area contributed by atoms with E-state index in [1.807, 2.05) is 20.8 Å². The second kappa shape index (κ2) is 7.53. The predicted octanol–water partition coefficient (Wildman–Crippen LogP) is 1.80. The first-order chi connectivity index (χ1) is 10.6. The number of nitrogens with one attached hydrogen (secondary N) is 1. The molecule has 1 atom stereocenters. The number of tetrazole rings is 1. The van der Waals surface area contributed by atoms with Crippen LogP contribution in [0.15, 0.2) is 24.3 Å². The largest absolute Gasteiger partial charge is 0.486 e. The van der Waals surface area contributed by atoms with E-state index in [1.165, 1.54) is 0 Å². The van der Waals surface area contributed by atoms with Gasteiger partial charge in [-0.3, -0.25) is 4.79 Å². The maximum absolute atomic E-state index is 12.0. The summed E-state index contributed by atoms with van der Waals surface area (Å²) in [6.07, 6.45) is 0.902. The first-order valence-electron chi connectivity index (χ1n) is 7.42. The number of aryl methyl sites for hydroxylation is 1. The van der Waals surface area contributed by atoms with Crippen molar-refractivity contribution in [2.24, 2.45) is 0 Å². The van der Waals surface area contributed by atoms with Crippen molar-refractivity contribution in [3.63, 3.8) is 0 Å². The van der Waals surface area contributed by atoms with E-state index >= 15 is 0 Å². The second-order valence-electron chi connectivity index (χ2n) is 5.01. The van der Waals surface area contributed by atoms with Crippen molar-refractivity contribution in [2.45, 2.75) is 46.4 Å². The lowest BCUT2D eigenvalue weighted by Gasteiger charge is -2.11. The van der Waals surface area contributed by atoms with Gasteiger partial charge in [-0.25, -0.2) is 4.68 Å². The van der Waals surface area contributed by atoms with Gasteiger partial charge in [-0.1, -0.05) is 6.92 Å². The first-order valence-corrected chi connectivity index (χ1v) is 7.42. The zero-order chi connectivity index (χ0) is 15.9. The van der Waals surface area contributed by atoms with Gasteiger partial charge >= 0.3 is 0 Å². The van der Waals surface area contributed by atoms with E-state index in [1.54, 1.807) is 28.9 Å². The maximum Gasteiger partial charge on any atom is 0.251 e. The number of hydrogen-bond donors (Lipinski definition) is 1. The maximum atomic E-state index is 12.0. The molecule has 0 bridgehead atoms. The summed E-state index contributed by atoms with van der Waals surface area (Å²) in [6.45, 7) is 6.96. The number of amides is 1. The molecule has 1 heterocycles. The molecule has 1 amide bonds. The van der Waals surface area contributed by atoms with Gasteiger partial charge in [-0.2, -0.15) is 0 Å². The molecule has 0 aliphatic heterocycles. The average molecular weight is 303 g/mol. The zero-order valence-electron chi connectivity index (χ0n) is 13.1. The third-order valence-corrected chi connectivity index (χ3v) is 3.38. The van der Waals surface area contributed by atoms with Gasteiger partial charge in [0.05, 0.1) is 0 Å². The Morgan fingerprint density at radius 3 is 2.68 bits per heavy atom. The summed E-state index contributed by atoms with van der Waals surface area (Å²) in [4.78, 5) is 12.0. The van der Waals surface area contributed by atoms with Crippen molar-refractivity contribution >= 4 is 5.91 Å². The highest BCUT2D eigenvalue weighted by atomic mass is 16.5. The number of benzene rings is 1. The number of nitrogens with zero attached hydrogens (tertiary/aromatic N) is 4. The molecule has 2 rings (SSSR count). The van der Waals surface area contributed by atoms with Crippen LogP contribution in [0.25, 0.3) is 0 Å². The Morgan fingerprint density at radius 1 is 1.32 bits per heavy atom. The number of carbonyl (C=O) groups excluding carboxylic acids is 1. The van der Waals surface area contributed by atoms with Gasteiger partial charge in [0, 0.05) is 18.2 Å². The quantitative estimate of drug-likeness (QED) is 0.843. The molecule has 7 nitrogen and oxygen atoms in total. The minimum atomic E-state index is -0.0733. The fraction of sp³-hybridized carbons (Fsp3) is 0.467. The van der Waals surface area contributed by atoms with Crippen LogP contribution in [0.4, 0.5) is 0 Å². The summed E-state index contributed by atoms with van der Waals surface area (Å²) in [6, 6.07) is 7.19. The molecule has 2 aromatic rings. The van der Waals surface area contributed by atoms with Crippen LogP contribution in [-0.4, -0.2) is 32.2 Å². The third kappa shape index (κ3) is 4.03. The molecule has 1 aromatic carbocycles. The molecule has 1 N–H and O–H groups in total. The molecule has 0 aliphatic carbocycles. The lowest BCUT2D eigenvalue weighted by atomic mass is 10.2. The standard InChI is InChI=1S/C15H21N5O2/c1-4-11(3)16-15(21)12-6-8-13(9-7-12)22-10-14-17-18-19-20(14)5-2/h6-9,11H,4-5,10H2,1-3H3,(H,16,21). The smallest absolute Gasteiger partial charge is 0.251 e. The first kappa shape index (κ1) is 15.9.